The number of thioether (sulfide) groups is 1. The first-order valence-corrected chi connectivity index (χ1v) is 10.9. The maximum absolute atomic E-state index is 13.2. The standard InChI is InChI=1S/C25H22N2O4S/c1-31-21-12-10-19(11-13-21)25-27(26-23(29)16-17-6-3-2-4-7-17)24(30)22(32-25)15-18-8-5-9-20(28)14-18/h2-15,25,28H,16H2,1H3,(H,26,29)/b22-15-/t25-/m0/s1. The summed E-state index contributed by atoms with van der Waals surface area (Å²) < 4.78 is 5.23. The fourth-order valence-electron chi connectivity index (χ4n) is 3.36. The summed E-state index contributed by atoms with van der Waals surface area (Å²) in [7, 11) is 1.59. The predicted octanol–water partition coefficient (Wildman–Crippen LogP) is 4.29. The Labute approximate surface area is 190 Å². The summed E-state index contributed by atoms with van der Waals surface area (Å²) in [6.07, 6.45) is 1.88. The zero-order valence-electron chi connectivity index (χ0n) is 17.4. The highest BCUT2D eigenvalue weighted by molar-refractivity contribution is 8.04. The molecule has 2 amide bonds. The number of hydrazine groups is 1. The Balaban J connectivity index is 1.61. The molecule has 7 heteroatoms. The van der Waals surface area contributed by atoms with Crippen molar-refractivity contribution in [1.29, 1.82) is 0 Å². The Morgan fingerprint density at radius 2 is 1.84 bits per heavy atom. The highest BCUT2D eigenvalue weighted by Crippen LogP contribution is 2.45. The van der Waals surface area contributed by atoms with E-state index >= 15 is 0 Å². The molecule has 3 aromatic rings. The molecule has 1 saturated heterocycles. The van der Waals surface area contributed by atoms with Crippen LogP contribution in [0.4, 0.5) is 0 Å². The zero-order valence-corrected chi connectivity index (χ0v) is 18.2. The van der Waals surface area contributed by atoms with Gasteiger partial charge in [-0.05, 0) is 47.0 Å². The van der Waals surface area contributed by atoms with Crippen molar-refractivity contribution in [2.45, 2.75) is 11.8 Å². The van der Waals surface area contributed by atoms with E-state index in [1.54, 1.807) is 37.5 Å². The van der Waals surface area contributed by atoms with Crippen molar-refractivity contribution in [3.8, 4) is 11.5 Å². The molecule has 1 aliphatic rings. The highest BCUT2D eigenvalue weighted by atomic mass is 32.2. The van der Waals surface area contributed by atoms with Gasteiger partial charge in [-0.25, -0.2) is 5.01 Å². The lowest BCUT2D eigenvalue weighted by Crippen LogP contribution is -2.44. The van der Waals surface area contributed by atoms with E-state index in [0.717, 1.165) is 11.1 Å². The summed E-state index contributed by atoms with van der Waals surface area (Å²) in [4.78, 5) is 26.4. The first-order valence-electron chi connectivity index (χ1n) is 10.0. The molecule has 1 aliphatic heterocycles. The van der Waals surface area contributed by atoms with Crippen LogP contribution in [-0.2, 0) is 16.0 Å². The minimum atomic E-state index is -0.434. The normalized spacial score (nSPS) is 16.9. The van der Waals surface area contributed by atoms with Gasteiger partial charge in [-0.3, -0.25) is 15.0 Å². The maximum atomic E-state index is 13.2. The first kappa shape index (κ1) is 21.5. The molecule has 3 aromatic carbocycles. The van der Waals surface area contributed by atoms with Crippen LogP contribution in [0.3, 0.4) is 0 Å². The molecule has 2 N–H and O–H groups in total. The van der Waals surface area contributed by atoms with Crippen molar-refractivity contribution in [3.63, 3.8) is 0 Å². The summed E-state index contributed by atoms with van der Waals surface area (Å²) in [5.41, 5.74) is 5.20. The van der Waals surface area contributed by atoms with Crippen LogP contribution < -0.4 is 10.2 Å². The average molecular weight is 447 g/mol. The van der Waals surface area contributed by atoms with Crippen LogP contribution in [0.2, 0.25) is 0 Å². The van der Waals surface area contributed by atoms with Crippen molar-refractivity contribution in [1.82, 2.24) is 10.4 Å². The van der Waals surface area contributed by atoms with Crippen LogP contribution in [0.1, 0.15) is 22.1 Å². The van der Waals surface area contributed by atoms with Crippen molar-refractivity contribution < 1.29 is 19.4 Å². The molecule has 162 valence electrons. The van der Waals surface area contributed by atoms with E-state index < -0.39 is 5.37 Å². The quantitative estimate of drug-likeness (QED) is 0.553. The van der Waals surface area contributed by atoms with Crippen LogP contribution in [-0.4, -0.2) is 29.0 Å². The number of phenols is 1. The van der Waals surface area contributed by atoms with Crippen molar-refractivity contribution >= 4 is 29.7 Å². The van der Waals surface area contributed by atoms with Crippen molar-refractivity contribution in [2.75, 3.05) is 7.11 Å². The van der Waals surface area contributed by atoms with Gasteiger partial charge < -0.3 is 9.84 Å². The van der Waals surface area contributed by atoms with E-state index in [0.29, 0.717) is 16.2 Å². The fourth-order valence-corrected chi connectivity index (χ4v) is 4.55. The van der Waals surface area contributed by atoms with E-state index in [9.17, 15) is 14.7 Å². The number of methoxy groups -OCH3 is 1. The number of benzene rings is 3. The number of ether oxygens (including phenoxy) is 1. The molecule has 0 spiro atoms. The van der Waals surface area contributed by atoms with Gasteiger partial charge in [0.25, 0.3) is 5.91 Å². The Kier molecular flexibility index (Phi) is 6.47. The number of phenolic OH excluding ortho intramolecular Hbond substituents is 1. The second-order valence-corrected chi connectivity index (χ2v) is 8.34. The predicted molar refractivity (Wildman–Crippen MR) is 125 cm³/mol. The van der Waals surface area contributed by atoms with Gasteiger partial charge in [0.2, 0.25) is 5.91 Å². The topological polar surface area (TPSA) is 78.9 Å². The zero-order chi connectivity index (χ0) is 22.5. The van der Waals surface area contributed by atoms with E-state index in [4.69, 9.17) is 4.74 Å². The number of rotatable bonds is 6. The van der Waals surface area contributed by atoms with E-state index in [2.05, 4.69) is 5.43 Å². The summed E-state index contributed by atoms with van der Waals surface area (Å²) >= 11 is 1.34. The molecule has 0 aliphatic carbocycles. The van der Waals surface area contributed by atoms with Crippen LogP contribution in [0.5, 0.6) is 11.5 Å². The second-order valence-electron chi connectivity index (χ2n) is 7.22. The fraction of sp³-hybridized carbons (Fsp3) is 0.120. The first-order chi connectivity index (χ1) is 15.5. The molecule has 0 radical (unpaired) electrons. The number of nitrogens with one attached hydrogen (secondary N) is 1. The monoisotopic (exact) mass is 446 g/mol. The van der Waals surface area contributed by atoms with Gasteiger partial charge in [-0.2, -0.15) is 0 Å². The minimum absolute atomic E-state index is 0.120. The number of aromatic hydroxyl groups is 1. The van der Waals surface area contributed by atoms with Gasteiger partial charge in [0.1, 0.15) is 16.9 Å². The Morgan fingerprint density at radius 3 is 2.53 bits per heavy atom. The van der Waals surface area contributed by atoms with Gasteiger partial charge in [0.15, 0.2) is 0 Å². The van der Waals surface area contributed by atoms with Gasteiger partial charge in [-0.1, -0.05) is 66.4 Å². The molecule has 1 fully saturated rings. The number of carbonyl (C=O) groups excluding carboxylic acids is 2. The van der Waals surface area contributed by atoms with Crippen LogP contribution >= 0.6 is 11.8 Å². The lowest BCUT2D eigenvalue weighted by atomic mass is 10.1. The lowest BCUT2D eigenvalue weighted by molar-refractivity contribution is -0.137. The molecule has 32 heavy (non-hydrogen) atoms. The number of carbonyl (C=O) groups is 2. The van der Waals surface area contributed by atoms with E-state index in [1.807, 2.05) is 54.6 Å². The maximum Gasteiger partial charge on any atom is 0.280 e. The largest absolute Gasteiger partial charge is 0.508 e. The lowest BCUT2D eigenvalue weighted by Gasteiger charge is -2.24. The molecular weight excluding hydrogens is 424 g/mol. The number of nitrogens with zero attached hydrogens (tertiary/aromatic N) is 1. The van der Waals surface area contributed by atoms with Crippen molar-refractivity contribution in [3.05, 3.63) is 100 Å². The SMILES string of the molecule is COc1ccc([C@@H]2S/C(=C\c3cccc(O)c3)C(=O)N2NC(=O)Cc2ccccc2)cc1. The average Bonchev–Trinajstić information content (AvgIpc) is 3.09. The van der Waals surface area contributed by atoms with Crippen LogP contribution in [0, 0.1) is 0 Å². The summed E-state index contributed by atoms with van der Waals surface area (Å²) in [5.74, 6) is 0.246. The van der Waals surface area contributed by atoms with E-state index in [1.165, 1.54) is 16.8 Å². The molecular formula is C25H22N2O4S. The molecule has 0 aromatic heterocycles. The Morgan fingerprint density at radius 1 is 1.09 bits per heavy atom. The Hall–Kier alpha value is -3.71. The molecule has 1 atom stereocenters. The number of hydrogen-bond acceptors (Lipinski definition) is 5. The molecule has 4 rings (SSSR count). The van der Waals surface area contributed by atoms with Gasteiger partial charge >= 0.3 is 0 Å². The molecule has 1 heterocycles. The smallest absolute Gasteiger partial charge is 0.280 e. The van der Waals surface area contributed by atoms with Crippen molar-refractivity contribution in [2.24, 2.45) is 0 Å². The Bertz CT molecular complexity index is 1150. The van der Waals surface area contributed by atoms with Gasteiger partial charge in [0.05, 0.1) is 18.4 Å². The molecule has 0 unspecified atom stereocenters. The van der Waals surface area contributed by atoms with Gasteiger partial charge in [-0.15, -0.1) is 0 Å². The third kappa shape index (κ3) is 4.95. The van der Waals surface area contributed by atoms with Crippen LogP contribution in [0.15, 0.2) is 83.8 Å². The third-order valence-corrected chi connectivity index (χ3v) is 6.18. The minimum Gasteiger partial charge on any atom is -0.508 e. The summed E-state index contributed by atoms with van der Waals surface area (Å²) in [5, 5.41) is 10.7. The van der Waals surface area contributed by atoms with E-state index in [-0.39, 0.29) is 24.0 Å². The highest BCUT2D eigenvalue weighted by Gasteiger charge is 2.38. The second kappa shape index (κ2) is 9.62. The summed E-state index contributed by atoms with van der Waals surface area (Å²) in [6, 6.07) is 23.4. The van der Waals surface area contributed by atoms with Gasteiger partial charge in [0, 0.05) is 0 Å². The van der Waals surface area contributed by atoms with Crippen LogP contribution in [0.25, 0.3) is 6.08 Å². The molecule has 0 bridgehead atoms. The number of amides is 2. The number of hydrogen-bond donors (Lipinski definition) is 2. The third-order valence-electron chi connectivity index (χ3n) is 4.92. The molecule has 0 saturated carbocycles. The molecule has 6 nitrogen and oxygen atoms in total. The summed E-state index contributed by atoms with van der Waals surface area (Å²) in [6.45, 7) is 0.